The minimum atomic E-state index is -1.22. The number of rotatable bonds is 3. The van der Waals surface area contributed by atoms with Gasteiger partial charge in [0.15, 0.2) is 0 Å². The van der Waals surface area contributed by atoms with Crippen LogP contribution in [0.1, 0.15) is 43.2 Å². The van der Waals surface area contributed by atoms with E-state index >= 15 is 0 Å². The first kappa shape index (κ1) is 35.9. The van der Waals surface area contributed by atoms with Crippen LogP contribution in [-0.4, -0.2) is 22.5 Å². The molecule has 0 unspecified atom stereocenters. The van der Waals surface area contributed by atoms with E-state index in [2.05, 4.69) is 164 Å². The zero-order valence-corrected chi connectivity index (χ0v) is 36.9. The molecule has 308 valence electrons. The Morgan fingerprint density at radius 3 is 2.06 bits per heavy atom. The molecule has 5 aliphatic carbocycles. The third kappa shape index (κ3) is 4.64. The van der Waals surface area contributed by atoms with Gasteiger partial charge in [0.1, 0.15) is 16.9 Å². The Kier molecular flexibility index (Phi) is 7.08. The van der Waals surface area contributed by atoms with Gasteiger partial charge < -0.3 is 4.42 Å². The second-order valence-corrected chi connectivity index (χ2v) is 23.6. The average molecular weight is 843 g/mol. The lowest BCUT2D eigenvalue weighted by Crippen LogP contribution is -2.55. The van der Waals surface area contributed by atoms with E-state index in [-0.39, 0.29) is 5.41 Å². The molecule has 0 atom stereocenters. The minimum Gasteiger partial charge on any atom is -0.455 e. The topological polar surface area (TPSA) is 38.9 Å². The molecule has 2 aromatic heterocycles. The molecule has 4 bridgehead atoms. The molecule has 3 heterocycles. The van der Waals surface area contributed by atoms with Crippen LogP contribution in [0, 0.1) is 23.7 Å². The van der Waals surface area contributed by atoms with Crippen molar-refractivity contribution in [2.45, 2.75) is 47.3 Å². The Bertz CT molecular complexity index is 3650. The first-order chi connectivity index (χ1) is 31.4. The van der Waals surface area contributed by atoms with Gasteiger partial charge in [-0.15, -0.1) is 0 Å². The summed E-state index contributed by atoms with van der Waals surface area (Å²) in [6.07, 6.45) is 12.2. The predicted molar refractivity (Wildman–Crippen MR) is 265 cm³/mol. The zero-order valence-electron chi connectivity index (χ0n) is 36.1. The third-order valence-corrected chi connectivity index (χ3v) is 19.6. The summed E-state index contributed by atoms with van der Waals surface area (Å²) in [5.41, 5.74) is 18.9. The molecule has 1 spiro atoms. The molecule has 0 radical (unpaired) electrons. The van der Waals surface area contributed by atoms with Gasteiger partial charge in [-0.3, -0.25) is 0 Å². The van der Waals surface area contributed by atoms with Gasteiger partial charge in [-0.05, 0) is 167 Å². The molecule has 0 saturated heterocycles. The van der Waals surface area contributed by atoms with E-state index in [1.807, 2.05) is 6.07 Å². The Morgan fingerprint density at radius 2 is 1.20 bits per heavy atom. The quantitative estimate of drug-likeness (QED) is 0.166. The normalized spacial score (nSPS) is 23.5. The summed E-state index contributed by atoms with van der Waals surface area (Å²) >= 11 is 0. The summed E-state index contributed by atoms with van der Waals surface area (Å²) in [4.78, 5) is 13.9. The second-order valence-electron chi connectivity index (χ2n) is 20.1. The van der Waals surface area contributed by atoms with Gasteiger partial charge in [-0.1, -0.05) is 109 Å². The number of hydrogen-bond acceptors (Lipinski definition) is 3. The molecule has 3 nitrogen and oxygen atoms in total. The standard InChI is InChI=1S/C60H46N2OS/c1-64(2)54-24-21-39(31-48(54)49-32-46-43-15-8-9-18-50(43)60(51(46)33-55(49)64)40-26-34-25-35(28-40)29-41(60)27-34)38-20-23-53-47(30-38)44-16-10-17-45(59(44)63-53)58-56(37-12-4-3-5-13-37)61-52-22-19-36-11-6-7-14-42(36)57(52)62-58/h3-24,30-35,40-41H,25-29H2,1-2H3. The first-order valence-electron chi connectivity index (χ1n) is 23.3. The van der Waals surface area contributed by atoms with Gasteiger partial charge in [0, 0.05) is 42.5 Å². The number of aromatic nitrogens is 2. The molecule has 8 aromatic carbocycles. The highest BCUT2D eigenvalue weighted by atomic mass is 32.3. The fourth-order valence-corrected chi connectivity index (χ4v) is 16.7. The number of para-hydroxylation sites is 1. The summed E-state index contributed by atoms with van der Waals surface area (Å²) in [5.74, 6) is 3.43. The van der Waals surface area contributed by atoms with Crippen LogP contribution in [0.4, 0.5) is 0 Å². The summed E-state index contributed by atoms with van der Waals surface area (Å²) in [6.45, 7) is 0. The summed E-state index contributed by atoms with van der Waals surface area (Å²) < 4.78 is 6.86. The van der Waals surface area contributed by atoms with Crippen molar-refractivity contribution in [2.75, 3.05) is 12.5 Å². The van der Waals surface area contributed by atoms with E-state index in [1.165, 1.54) is 70.4 Å². The maximum Gasteiger partial charge on any atom is 0.144 e. The van der Waals surface area contributed by atoms with E-state index in [9.17, 15) is 0 Å². The fraction of sp³-hybridized carbons (Fsp3) is 0.200. The first-order valence-corrected chi connectivity index (χ1v) is 25.7. The molecule has 4 saturated carbocycles. The molecule has 16 rings (SSSR count). The van der Waals surface area contributed by atoms with Crippen LogP contribution in [0.15, 0.2) is 172 Å². The van der Waals surface area contributed by atoms with E-state index in [1.54, 1.807) is 16.0 Å². The van der Waals surface area contributed by atoms with Crippen LogP contribution in [0.5, 0.6) is 0 Å². The van der Waals surface area contributed by atoms with Crippen molar-refractivity contribution in [1.82, 2.24) is 9.97 Å². The molecule has 1 aliphatic heterocycles. The van der Waals surface area contributed by atoms with Gasteiger partial charge >= 0.3 is 0 Å². The lowest BCUT2D eigenvalue weighted by molar-refractivity contribution is -0.0400. The summed E-state index contributed by atoms with van der Waals surface area (Å²) in [7, 11) is -1.22. The smallest absolute Gasteiger partial charge is 0.144 e. The molecule has 0 N–H and O–H groups in total. The van der Waals surface area contributed by atoms with Crippen LogP contribution in [0.25, 0.3) is 99.6 Å². The van der Waals surface area contributed by atoms with E-state index in [0.29, 0.717) is 0 Å². The van der Waals surface area contributed by atoms with Crippen molar-refractivity contribution in [2.24, 2.45) is 23.7 Å². The van der Waals surface area contributed by atoms with Crippen molar-refractivity contribution >= 4 is 53.8 Å². The van der Waals surface area contributed by atoms with Crippen molar-refractivity contribution < 1.29 is 4.42 Å². The summed E-state index contributed by atoms with van der Waals surface area (Å²) in [6, 6.07) is 58.6. The van der Waals surface area contributed by atoms with Crippen LogP contribution in [0.3, 0.4) is 0 Å². The Balaban J connectivity index is 0.874. The zero-order chi connectivity index (χ0) is 42.1. The predicted octanol–water partition coefficient (Wildman–Crippen LogP) is 15.9. The monoisotopic (exact) mass is 842 g/mol. The van der Waals surface area contributed by atoms with Gasteiger partial charge in [0.25, 0.3) is 0 Å². The number of benzene rings is 8. The Morgan fingerprint density at radius 1 is 0.484 bits per heavy atom. The largest absolute Gasteiger partial charge is 0.455 e. The third-order valence-electron chi connectivity index (χ3n) is 16.7. The molecule has 64 heavy (non-hydrogen) atoms. The van der Waals surface area contributed by atoms with E-state index in [4.69, 9.17) is 14.4 Å². The number of fused-ring (bicyclic) bond motifs is 12. The van der Waals surface area contributed by atoms with Crippen molar-refractivity contribution in [3.05, 3.63) is 169 Å². The fourth-order valence-electron chi connectivity index (χ4n) is 14.2. The van der Waals surface area contributed by atoms with Crippen LogP contribution < -0.4 is 0 Å². The molecule has 6 aliphatic rings. The maximum atomic E-state index is 6.86. The van der Waals surface area contributed by atoms with Crippen molar-refractivity contribution in [3.8, 4) is 55.9 Å². The van der Waals surface area contributed by atoms with Gasteiger partial charge in [-0.25, -0.2) is 9.97 Å². The lowest BCUT2D eigenvalue weighted by atomic mass is 9.43. The highest BCUT2D eigenvalue weighted by Crippen LogP contribution is 2.73. The molecule has 10 aromatic rings. The van der Waals surface area contributed by atoms with E-state index in [0.717, 1.165) is 89.9 Å². The second kappa shape index (κ2) is 12.6. The van der Waals surface area contributed by atoms with Crippen molar-refractivity contribution in [3.63, 3.8) is 0 Å². The van der Waals surface area contributed by atoms with Gasteiger partial charge in [-0.2, -0.15) is 10.0 Å². The Hall–Kier alpha value is -6.49. The summed E-state index contributed by atoms with van der Waals surface area (Å²) in [5, 5.41) is 4.44. The lowest BCUT2D eigenvalue weighted by Gasteiger charge is -2.61. The highest BCUT2D eigenvalue weighted by molar-refractivity contribution is 8.33. The molecule has 4 fully saturated rings. The van der Waals surface area contributed by atoms with Crippen molar-refractivity contribution in [1.29, 1.82) is 0 Å². The van der Waals surface area contributed by atoms with Gasteiger partial charge in [0.2, 0.25) is 0 Å². The number of furan rings is 1. The Labute approximate surface area is 374 Å². The molecule has 4 heteroatoms. The van der Waals surface area contributed by atoms with Crippen LogP contribution in [-0.2, 0) is 5.41 Å². The highest BCUT2D eigenvalue weighted by Gasteiger charge is 2.62. The SMILES string of the molecule is CS1(C)c2ccc(-c3ccc4oc5c(-c6nc7c(ccc8ccccc87)nc6-c6ccccc6)cccc5c4c3)cc2-c2cc3c(cc21)C1(c2ccccc2-3)C2CC3CC(C2)CC1C3. The van der Waals surface area contributed by atoms with Crippen LogP contribution in [0.2, 0.25) is 0 Å². The maximum absolute atomic E-state index is 6.86. The minimum absolute atomic E-state index is 0.185. The number of hydrogen-bond donors (Lipinski definition) is 0. The molecule has 0 amide bonds. The number of nitrogens with zero attached hydrogens (tertiary/aromatic N) is 2. The molecular formula is C60H46N2OS. The average Bonchev–Trinajstić information content (AvgIpc) is 3.92. The molecular weight excluding hydrogens is 797 g/mol. The van der Waals surface area contributed by atoms with E-state index < -0.39 is 10.0 Å². The van der Waals surface area contributed by atoms with Gasteiger partial charge in [0.05, 0.1) is 16.7 Å². The van der Waals surface area contributed by atoms with Crippen LogP contribution >= 0.6 is 10.0 Å².